The number of fused-ring (bicyclic) bond motifs is 2. The summed E-state index contributed by atoms with van der Waals surface area (Å²) >= 11 is 0. The SMILES string of the molecule is CS(=O)(=O)CCS(=O)(=O)N1C2CCC1CC(O)C2. The van der Waals surface area contributed by atoms with Crippen molar-refractivity contribution in [1.82, 2.24) is 4.31 Å². The number of hydrogen-bond donors (Lipinski definition) is 1. The van der Waals surface area contributed by atoms with Gasteiger partial charge in [-0.05, 0) is 25.7 Å². The first-order valence-corrected chi connectivity index (χ1v) is 9.73. The van der Waals surface area contributed by atoms with Gasteiger partial charge in [0.05, 0.1) is 17.6 Å². The summed E-state index contributed by atoms with van der Waals surface area (Å²) in [4.78, 5) is 0. The van der Waals surface area contributed by atoms with Gasteiger partial charge in [-0.25, -0.2) is 16.8 Å². The number of piperidine rings is 1. The molecule has 106 valence electrons. The Kier molecular flexibility index (Phi) is 3.74. The van der Waals surface area contributed by atoms with Crippen LogP contribution in [0.5, 0.6) is 0 Å². The maximum Gasteiger partial charge on any atom is 0.215 e. The second-order valence-electron chi connectivity index (χ2n) is 5.29. The molecule has 0 amide bonds. The van der Waals surface area contributed by atoms with Gasteiger partial charge in [-0.3, -0.25) is 0 Å². The fourth-order valence-corrected chi connectivity index (χ4v) is 6.48. The zero-order valence-corrected chi connectivity index (χ0v) is 12.0. The summed E-state index contributed by atoms with van der Waals surface area (Å²) in [6, 6.07) is -0.299. The van der Waals surface area contributed by atoms with Gasteiger partial charge in [0, 0.05) is 18.3 Å². The van der Waals surface area contributed by atoms with E-state index in [9.17, 15) is 21.9 Å². The predicted molar refractivity (Wildman–Crippen MR) is 67.4 cm³/mol. The highest BCUT2D eigenvalue weighted by Gasteiger charge is 2.46. The number of sulfonamides is 1. The number of hydrogen-bond acceptors (Lipinski definition) is 5. The Labute approximate surface area is 108 Å². The molecule has 2 atom stereocenters. The molecule has 0 spiro atoms. The van der Waals surface area contributed by atoms with Gasteiger partial charge in [0.2, 0.25) is 10.0 Å². The quantitative estimate of drug-likeness (QED) is 0.744. The third kappa shape index (κ3) is 3.04. The highest BCUT2D eigenvalue weighted by Crippen LogP contribution is 2.37. The van der Waals surface area contributed by atoms with E-state index in [0.717, 1.165) is 19.1 Å². The molecule has 0 aromatic heterocycles. The standard InChI is InChI=1S/C10H19NO5S2/c1-17(13,14)4-5-18(15,16)11-8-2-3-9(11)7-10(12)6-8/h8-10,12H,2-7H2,1H3. The van der Waals surface area contributed by atoms with Crippen LogP contribution in [-0.2, 0) is 19.9 Å². The lowest BCUT2D eigenvalue weighted by molar-refractivity contribution is 0.0769. The number of sulfone groups is 1. The molecule has 8 heteroatoms. The number of nitrogens with zero attached hydrogens (tertiary/aromatic N) is 1. The van der Waals surface area contributed by atoms with E-state index in [1.165, 1.54) is 4.31 Å². The zero-order valence-electron chi connectivity index (χ0n) is 10.3. The molecule has 18 heavy (non-hydrogen) atoms. The molecule has 2 rings (SSSR count). The average molecular weight is 297 g/mol. The molecule has 0 saturated carbocycles. The Morgan fingerprint density at radius 1 is 1.06 bits per heavy atom. The van der Waals surface area contributed by atoms with E-state index in [2.05, 4.69) is 0 Å². The van der Waals surface area contributed by atoms with E-state index < -0.39 is 26.0 Å². The Hall–Kier alpha value is -0.180. The van der Waals surface area contributed by atoms with Gasteiger partial charge in [-0.15, -0.1) is 0 Å². The Balaban J connectivity index is 2.12. The predicted octanol–water partition coefficient (Wildman–Crippen LogP) is -0.651. The van der Waals surface area contributed by atoms with Crippen LogP contribution in [0, 0.1) is 0 Å². The molecule has 2 saturated heterocycles. The Morgan fingerprint density at radius 2 is 1.56 bits per heavy atom. The van der Waals surface area contributed by atoms with Crippen LogP contribution < -0.4 is 0 Å². The molecular weight excluding hydrogens is 278 g/mol. The molecule has 2 aliphatic rings. The second kappa shape index (κ2) is 4.73. The van der Waals surface area contributed by atoms with Crippen molar-refractivity contribution in [3.8, 4) is 0 Å². The van der Waals surface area contributed by atoms with Crippen molar-refractivity contribution in [3.63, 3.8) is 0 Å². The van der Waals surface area contributed by atoms with E-state index in [1.807, 2.05) is 0 Å². The first kappa shape index (κ1) is 14.2. The summed E-state index contributed by atoms with van der Waals surface area (Å²) in [6.07, 6.45) is 3.07. The third-order valence-electron chi connectivity index (χ3n) is 3.67. The Bertz CT molecular complexity index is 498. The zero-order chi connectivity index (χ0) is 13.6. The van der Waals surface area contributed by atoms with E-state index in [0.29, 0.717) is 12.8 Å². The fraction of sp³-hybridized carbons (Fsp3) is 1.00. The van der Waals surface area contributed by atoms with Crippen molar-refractivity contribution < 1.29 is 21.9 Å². The lowest BCUT2D eigenvalue weighted by Gasteiger charge is -2.35. The molecule has 6 nitrogen and oxygen atoms in total. The van der Waals surface area contributed by atoms with Gasteiger partial charge >= 0.3 is 0 Å². The minimum atomic E-state index is -3.53. The van der Waals surface area contributed by atoms with Crippen LogP contribution in [0.2, 0.25) is 0 Å². The van der Waals surface area contributed by atoms with E-state index >= 15 is 0 Å². The van der Waals surface area contributed by atoms with Crippen molar-refractivity contribution in [3.05, 3.63) is 0 Å². The van der Waals surface area contributed by atoms with Gasteiger partial charge in [0.25, 0.3) is 0 Å². The van der Waals surface area contributed by atoms with Crippen molar-refractivity contribution in [2.75, 3.05) is 17.8 Å². The molecule has 1 N–H and O–H groups in total. The molecule has 2 unspecified atom stereocenters. The molecular formula is C10H19NO5S2. The van der Waals surface area contributed by atoms with Crippen molar-refractivity contribution >= 4 is 19.9 Å². The smallest absolute Gasteiger partial charge is 0.215 e. The van der Waals surface area contributed by atoms with Crippen LogP contribution in [0.1, 0.15) is 25.7 Å². The van der Waals surface area contributed by atoms with Crippen LogP contribution in [0.15, 0.2) is 0 Å². The van der Waals surface area contributed by atoms with Crippen LogP contribution in [0.25, 0.3) is 0 Å². The first-order chi connectivity index (χ1) is 8.19. The largest absolute Gasteiger partial charge is 0.393 e. The highest BCUT2D eigenvalue weighted by molar-refractivity contribution is 7.93. The van der Waals surface area contributed by atoms with Gasteiger partial charge in [0.15, 0.2) is 0 Å². The minimum absolute atomic E-state index is 0.150. The van der Waals surface area contributed by atoms with E-state index in [-0.39, 0.29) is 23.6 Å². The van der Waals surface area contributed by atoms with Crippen molar-refractivity contribution in [1.29, 1.82) is 0 Å². The van der Waals surface area contributed by atoms with Crippen LogP contribution in [0.4, 0.5) is 0 Å². The summed E-state index contributed by atoms with van der Waals surface area (Å²) in [5.41, 5.74) is 0. The minimum Gasteiger partial charge on any atom is -0.393 e. The maximum absolute atomic E-state index is 12.2. The molecule has 2 aliphatic heterocycles. The molecule has 0 aliphatic carbocycles. The molecule has 0 aromatic rings. The van der Waals surface area contributed by atoms with Crippen molar-refractivity contribution in [2.45, 2.75) is 43.9 Å². The second-order valence-corrected chi connectivity index (χ2v) is 9.54. The lowest BCUT2D eigenvalue weighted by Crippen LogP contribution is -2.49. The van der Waals surface area contributed by atoms with Gasteiger partial charge in [0.1, 0.15) is 9.84 Å². The summed E-state index contributed by atoms with van der Waals surface area (Å²) in [7, 11) is -6.81. The summed E-state index contributed by atoms with van der Waals surface area (Å²) in [6.45, 7) is 0. The van der Waals surface area contributed by atoms with Crippen molar-refractivity contribution in [2.24, 2.45) is 0 Å². The van der Waals surface area contributed by atoms with E-state index in [1.54, 1.807) is 0 Å². The molecule has 2 heterocycles. The first-order valence-electron chi connectivity index (χ1n) is 6.06. The maximum atomic E-state index is 12.2. The molecule has 2 bridgehead atoms. The van der Waals surface area contributed by atoms with Crippen LogP contribution in [-0.4, -0.2) is 62.2 Å². The van der Waals surface area contributed by atoms with E-state index in [4.69, 9.17) is 0 Å². The number of rotatable bonds is 4. The highest BCUT2D eigenvalue weighted by atomic mass is 32.2. The van der Waals surface area contributed by atoms with Gasteiger partial charge < -0.3 is 5.11 Å². The molecule has 2 fully saturated rings. The van der Waals surface area contributed by atoms with Gasteiger partial charge in [-0.2, -0.15) is 4.31 Å². The number of aliphatic hydroxyl groups excluding tert-OH is 1. The summed E-state index contributed by atoms with van der Waals surface area (Å²) in [5.74, 6) is -0.692. The Morgan fingerprint density at radius 3 is 2.00 bits per heavy atom. The molecule has 0 aromatic carbocycles. The average Bonchev–Trinajstić information content (AvgIpc) is 2.49. The summed E-state index contributed by atoms with van der Waals surface area (Å²) in [5, 5.41) is 9.62. The van der Waals surface area contributed by atoms with Gasteiger partial charge in [-0.1, -0.05) is 0 Å². The fourth-order valence-electron chi connectivity index (χ4n) is 2.92. The van der Waals surface area contributed by atoms with Crippen LogP contribution >= 0.6 is 0 Å². The monoisotopic (exact) mass is 297 g/mol. The normalized spacial score (nSPS) is 33.8. The number of aliphatic hydroxyl groups is 1. The topological polar surface area (TPSA) is 91.8 Å². The third-order valence-corrected chi connectivity index (χ3v) is 6.84. The molecule has 0 radical (unpaired) electrons. The summed E-state index contributed by atoms with van der Waals surface area (Å²) < 4.78 is 47.9. The van der Waals surface area contributed by atoms with Crippen LogP contribution in [0.3, 0.4) is 0 Å². The lowest BCUT2D eigenvalue weighted by atomic mass is 10.0.